The van der Waals surface area contributed by atoms with Crippen molar-refractivity contribution in [3.8, 4) is 0 Å². The van der Waals surface area contributed by atoms with Crippen molar-refractivity contribution >= 4 is 28.4 Å². The van der Waals surface area contributed by atoms with E-state index in [2.05, 4.69) is 10.4 Å². The first-order valence-corrected chi connectivity index (χ1v) is 7.49. The SMILES string of the molecule is Cn1nc(C(=O)NC2(CCl)CCCC2)c2ccccc21. The molecular formula is C15H18ClN3O. The van der Waals surface area contributed by atoms with Gasteiger partial charge in [0.05, 0.1) is 11.1 Å². The summed E-state index contributed by atoms with van der Waals surface area (Å²) in [6.45, 7) is 0. The molecule has 20 heavy (non-hydrogen) atoms. The number of aryl methyl sites for hydroxylation is 1. The standard InChI is InChI=1S/C15H18ClN3O/c1-19-12-7-3-2-6-11(12)13(18-19)14(20)17-15(10-16)8-4-5-9-15/h2-3,6-7H,4-5,8-10H2,1H3,(H,17,20). The van der Waals surface area contributed by atoms with E-state index in [1.165, 1.54) is 0 Å². The zero-order valence-electron chi connectivity index (χ0n) is 11.5. The number of rotatable bonds is 3. The molecule has 2 aromatic rings. The first-order chi connectivity index (χ1) is 9.65. The number of benzene rings is 1. The van der Waals surface area contributed by atoms with Crippen LogP contribution in [0.2, 0.25) is 0 Å². The molecule has 1 N–H and O–H groups in total. The lowest BCUT2D eigenvalue weighted by molar-refractivity contribution is 0.0905. The Morgan fingerprint density at radius 2 is 2.10 bits per heavy atom. The van der Waals surface area contributed by atoms with Crippen molar-refractivity contribution in [3.05, 3.63) is 30.0 Å². The highest BCUT2D eigenvalue weighted by Gasteiger charge is 2.35. The van der Waals surface area contributed by atoms with Crippen molar-refractivity contribution in [3.63, 3.8) is 0 Å². The van der Waals surface area contributed by atoms with Gasteiger partial charge in [-0.15, -0.1) is 11.6 Å². The minimum absolute atomic E-state index is 0.121. The Bertz CT molecular complexity index is 644. The Morgan fingerprint density at radius 1 is 1.40 bits per heavy atom. The summed E-state index contributed by atoms with van der Waals surface area (Å²) < 4.78 is 1.74. The van der Waals surface area contributed by atoms with E-state index in [1.807, 2.05) is 31.3 Å². The second-order valence-electron chi connectivity index (χ2n) is 5.56. The van der Waals surface area contributed by atoms with Gasteiger partial charge in [-0.25, -0.2) is 0 Å². The van der Waals surface area contributed by atoms with Crippen LogP contribution in [0.3, 0.4) is 0 Å². The van der Waals surface area contributed by atoms with Crippen LogP contribution in [0.15, 0.2) is 24.3 Å². The smallest absolute Gasteiger partial charge is 0.272 e. The molecule has 0 unspecified atom stereocenters. The van der Waals surface area contributed by atoms with Crippen LogP contribution in [0.4, 0.5) is 0 Å². The minimum Gasteiger partial charge on any atom is -0.344 e. The van der Waals surface area contributed by atoms with Gasteiger partial charge in [0, 0.05) is 18.3 Å². The molecule has 0 atom stereocenters. The summed E-state index contributed by atoms with van der Waals surface area (Å²) >= 11 is 6.08. The van der Waals surface area contributed by atoms with E-state index in [0.29, 0.717) is 11.6 Å². The Kier molecular flexibility index (Phi) is 3.42. The van der Waals surface area contributed by atoms with Crippen LogP contribution in [0.25, 0.3) is 10.9 Å². The van der Waals surface area contributed by atoms with Crippen LogP contribution in [-0.4, -0.2) is 27.1 Å². The van der Waals surface area contributed by atoms with E-state index in [0.717, 1.165) is 36.6 Å². The van der Waals surface area contributed by atoms with E-state index >= 15 is 0 Å². The fraction of sp³-hybridized carbons (Fsp3) is 0.467. The molecule has 1 aromatic carbocycles. The fourth-order valence-electron chi connectivity index (χ4n) is 3.03. The summed E-state index contributed by atoms with van der Waals surface area (Å²) in [4.78, 5) is 12.5. The van der Waals surface area contributed by atoms with E-state index in [4.69, 9.17) is 11.6 Å². The predicted octanol–water partition coefficient (Wildman–Crippen LogP) is 2.85. The summed E-state index contributed by atoms with van der Waals surface area (Å²) in [5.41, 5.74) is 1.19. The van der Waals surface area contributed by atoms with Crippen molar-refractivity contribution in [1.82, 2.24) is 15.1 Å². The van der Waals surface area contributed by atoms with Crippen LogP contribution < -0.4 is 5.32 Å². The van der Waals surface area contributed by atoms with Crippen LogP contribution in [0.1, 0.15) is 36.2 Å². The third kappa shape index (κ3) is 2.18. The molecule has 1 amide bonds. The highest BCUT2D eigenvalue weighted by Crippen LogP contribution is 2.31. The molecule has 0 aliphatic heterocycles. The van der Waals surface area contributed by atoms with Crippen molar-refractivity contribution < 1.29 is 4.79 Å². The van der Waals surface area contributed by atoms with Gasteiger partial charge < -0.3 is 5.32 Å². The van der Waals surface area contributed by atoms with Gasteiger partial charge in [-0.1, -0.05) is 31.0 Å². The monoisotopic (exact) mass is 291 g/mol. The Hall–Kier alpha value is -1.55. The maximum Gasteiger partial charge on any atom is 0.272 e. The lowest BCUT2D eigenvalue weighted by atomic mass is 10.00. The normalized spacial score (nSPS) is 17.5. The molecule has 0 spiro atoms. The molecule has 5 heteroatoms. The topological polar surface area (TPSA) is 46.9 Å². The molecule has 1 saturated carbocycles. The molecule has 0 saturated heterocycles. The lowest BCUT2D eigenvalue weighted by Crippen LogP contribution is -2.48. The maximum absolute atomic E-state index is 12.5. The number of nitrogens with zero attached hydrogens (tertiary/aromatic N) is 2. The predicted molar refractivity (Wildman–Crippen MR) is 80.1 cm³/mol. The van der Waals surface area contributed by atoms with E-state index in [9.17, 15) is 4.79 Å². The van der Waals surface area contributed by atoms with E-state index in [1.54, 1.807) is 4.68 Å². The number of fused-ring (bicyclic) bond motifs is 1. The van der Waals surface area contributed by atoms with Crippen LogP contribution in [-0.2, 0) is 7.05 Å². The third-order valence-electron chi connectivity index (χ3n) is 4.17. The number of nitrogens with one attached hydrogen (secondary N) is 1. The number of para-hydroxylation sites is 1. The van der Waals surface area contributed by atoms with E-state index < -0.39 is 0 Å². The van der Waals surface area contributed by atoms with E-state index in [-0.39, 0.29) is 11.4 Å². The Labute approximate surface area is 123 Å². The summed E-state index contributed by atoms with van der Waals surface area (Å²) in [5.74, 6) is 0.341. The van der Waals surface area contributed by atoms with Crippen LogP contribution >= 0.6 is 11.6 Å². The lowest BCUT2D eigenvalue weighted by Gasteiger charge is -2.27. The molecule has 4 nitrogen and oxygen atoms in total. The molecule has 1 aliphatic carbocycles. The number of carbonyl (C=O) groups is 1. The first-order valence-electron chi connectivity index (χ1n) is 6.95. The number of amides is 1. The number of halogens is 1. The van der Waals surface area contributed by atoms with Gasteiger partial charge in [0.2, 0.25) is 0 Å². The summed E-state index contributed by atoms with van der Waals surface area (Å²) in [6, 6.07) is 7.77. The van der Waals surface area contributed by atoms with Crippen LogP contribution in [0.5, 0.6) is 0 Å². The largest absolute Gasteiger partial charge is 0.344 e. The average Bonchev–Trinajstić information content (AvgIpc) is 3.05. The van der Waals surface area contributed by atoms with Gasteiger partial charge in [0.25, 0.3) is 5.91 Å². The molecule has 106 valence electrons. The minimum atomic E-state index is -0.253. The van der Waals surface area contributed by atoms with Gasteiger partial charge in [-0.2, -0.15) is 5.10 Å². The zero-order valence-corrected chi connectivity index (χ0v) is 12.3. The number of hydrogen-bond donors (Lipinski definition) is 1. The average molecular weight is 292 g/mol. The second-order valence-corrected chi connectivity index (χ2v) is 5.83. The molecule has 1 aromatic heterocycles. The highest BCUT2D eigenvalue weighted by molar-refractivity contribution is 6.19. The molecule has 1 heterocycles. The van der Waals surface area contributed by atoms with Gasteiger partial charge in [0.1, 0.15) is 0 Å². The summed E-state index contributed by atoms with van der Waals surface area (Å²) in [7, 11) is 1.85. The fourth-order valence-corrected chi connectivity index (χ4v) is 3.36. The second kappa shape index (κ2) is 5.09. The molecule has 1 aliphatic rings. The Balaban J connectivity index is 1.93. The number of aromatic nitrogens is 2. The number of hydrogen-bond acceptors (Lipinski definition) is 2. The number of carbonyl (C=O) groups excluding carboxylic acids is 1. The molecule has 0 bridgehead atoms. The van der Waals surface area contributed by atoms with Crippen LogP contribution in [0, 0.1) is 0 Å². The van der Waals surface area contributed by atoms with Crippen molar-refractivity contribution in [2.24, 2.45) is 7.05 Å². The molecule has 1 fully saturated rings. The Morgan fingerprint density at radius 3 is 2.80 bits per heavy atom. The molecule has 3 rings (SSSR count). The highest BCUT2D eigenvalue weighted by atomic mass is 35.5. The zero-order chi connectivity index (χ0) is 14.2. The van der Waals surface area contributed by atoms with Gasteiger partial charge in [-0.05, 0) is 18.9 Å². The van der Waals surface area contributed by atoms with Crippen molar-refractivity contribution in [2.75, 3.05) is 5.88 Å². The molecular weight excluding hydrogens is 274 g/mol. The summed E-state index contributed by atoms with van der Waals surface area (Å²) in [5, 5.41) is 8.36. The first kappa shape index (κ1) is 13.4. The van der Waals surface area contributed by atoms with Gasteiger partial charge >= 0.3 is 0 Å². The number of alkyl halides is 1. The van der Waals surface area contributed by atoms with Gasteiger partial charge in [-0.3, -0.25) is 9.48 Å². The third-order valence-corrected chi connectivity index (χ3v) is 4.68. The van der Waals surface area contributed by atoms with Crippen molar-refractivity contribution in [1.29, 1.82) is 0 Å². The maximum atomic E-state index is 12.5. The summed E-state index contributed by atoms with van der Waals surface area (Å²) in [6.07, 6.45) is 4.14. The molecule has 0 radical (unpaired) electrons. The quantitative estimate of drug-likeness (QED) is 0.884. The van der Waals surface area contributed by atoms with Crippen molar-refractivity contribution in [2.45, 2.75) is 31.2 Å². The van der Waals surface area contributed by atoms with Gasteiger partial charge in [0.15, 0.2) is 5.69 Å².